The van der Waals surface area contributed by atoms with Crippen LogP contribution in [0.4, 0.5) is 0 Å². The fraction of sp³-hybridized carbons (Fsp3) is 1.00. The molecular formula is C8H20N2. The van der Waals surface area contributed by atoms with E-state index in [2.05, 4.69) is 18.9 Å². The number of nitrogens with zero attached hydrogens (tertiary/aromatic N) is 1. The van der Waals surface area contributed by atoms with E-state index >= 15 is 0 Å². The van der Waals surface area contributed by atoms with Gasteiger partial charge in [-0.2, -0.15) is 0 Å². The summed E-state index contributed by atoms with van der Waals surface area (Å²) >= 11 is 0. The van der Waals surface area contributed by atoms with Gasteiger partial charge in [0.25, 0.3) is 0 Å². The Morgan fingerprint density at radius 3 is 2.00 bits per heavy atom. The molecule has 2 nitrogen and oxygen atoms in total. The smallest absolute Gasteiger partial charge is 0.0266 e. The molecule has 0 aromatic rings. The molecule has 0 bridgehead atoms. The minimum Gasteiger partial charge on any atom is -0.324 e. The van der Waals surface area contributed by atoms with E-state index in [1.54, 1.807) is 0 Å². The van der Waals surface area contributed by atoms with Crippen molar-refractivity contribution < 1.29 is 0 Å². The first-order chi connectivity index (χ1) is 4.60. The molecular weight excluding hydrogens is 124 g/mol. The quantitative estimate of drug-likeness (QED) is 0.551. The van der Waals surface area contributed by atoms with E-state index in [1.165, 1.54) is 0 Å². The number of likely N-dealkylation sites (tertiary alicyclic amines) is 1. The van der Waals surface area contributed by atoms with Crippen LogP contribution in [0.15, 0.2) is 0 Å². The summed E-state index contributed by atoms with van der Waals surface area (Å²) in [4.78, 5) is 2.26. The van der Waals surface area contributed by atoms with E-state index in [9.17, 15) is 0 Å². The van der Waals surface area contributed by atoms with E-state index in [4.69, 9.17) is 5.73 Å². The zero-order chi connectivity index (χ0) is 8.20. The Kier molecular flexibility index (Phi) is 3.91. The highest BCUT2D eigenvalue weighted by molar-refractivity contribution is 4.88. The van der Waals surface area contributed by atoms with E-state index in [0.29, 0.717) is 0 Å². The van der Waals surface area contributed by atoms with E-state index in [1.807, 2.05) is 13.8 Å². The second-order valence-electron chi connectivity index (χ2n) is 3.14. The van der Waals surface area contributed by atoms with Gasteiger partial charge in [0.2, 0.25) is 0 Å². The number of likely N-dealkylation sites (N-methyl/N-ethyl adjacent to an activating group) is 1. The molecule has 1 aliphatic rings. The molecule has 0 saturated carbocycles. The predicted molar refractivity (Wildman–Crippen MR) is 46.1 cm³/mol. The summed E-state index contributed by atoms with van der Waals surface area (Å²) < 4.78 is 0. The second-order valence-corrected chi connectivity index (χ2v) is 3.14. The van der Waals surface area contributed by atoms with Crippen LogP contribution >= 0.6 is 0 Å². The van der Waals surface area contributed by atoms with Crippen LogP contribution in [0.1, 0.15) is 27.2 Å². The first-order valence-corrected chi connectivity index (χ1v) is 4.08. The molecule has 1 atom stereocenters. The molecule has 10 heavy (non-hydrogen) atoms. The van der Waals surface area contributed by atoms with E-state index in [0.717, 1.165) is 19.5 Å². The van der Waals surface area contributed by atoms with Gasteiger partial charge in [0.15, 0.2) is 0 Å². The van der Waals surface area contributed by atoms with Crippen LogP contribution in [0.5, 0.6) is 0 Å². The van der Waals surface area contributed by atoms with Crippen LogP contribution < -0.4 is 5.73 Å². The summed E-state index contributed by atoms with van der Waals surface area (Å²) in [6.07, 6.45) is 1.14. The number of rotatable bonds is 0. The van der Waals surface area contributed by atoms with Crippen LogP contribution in [0.3, 0.4) is 0 Å². The zero-order valence-corrected chi connectivity index (χ0v) is 7.65. The van der Waals surface area contributed by atoms with Crippen molar-refractivity contribution in [1.82, 2.24) is 4.90 Å². The highest BCUT2D eigenvalue weighted by Crippen LogP contribution is 2.14. The minimum absolute atomic E-state index is 0.0920. The monoisotopic (exact) mass is 144 g/mol. The largest absolute Gasteiger partial charge is 0.324 e. The molecule has 0 radical (unpaired) electrons. The lowest BCUT2D eigenvalue weighted by molar-refractivity contribution is 0.382. The minimum atomic E-state index is 0.0920. The van der Waals surface area contributed by atoms with Crippen molar-refractivity contribution in [2.45, 2.75) is 32.7 Å². The van der Waals surface area contributed by atoms with Crippen molar-refractivity contribution in [2.75, 3.05) is 20.1 Å². The van der Waals surface area contributed by atoms with Gasteiger partial charge in [0, 0.05) is 12.1 Å². The molecule has 0 aromatic carbocycles. The molecule has 2 N–H and O–H groups in total. The Labute approximate surface area is 64.4 Å². The van der Waals surface area contributed by atoms with Gasteiger partial charge in [-0.05, 0) is 26.9 Å². The average molecular weight is 144 g/mol. The average Bonchev–Trinajstić information content (AvgIpc) is 2.15. The Balaban J connectivity index is 0.000000371. The molecule has 1 unspecified atom stereocenters. The third-order valence-corrected chi connectivity index (χ3v) is 1.70. The molecule has 1 heterocycles. The summed E-state index contributed by atoms with van der Waals surface area (Å²) in [6.45, 7) is 8.32. The molecule has 1 saturated heterocycles. The summed E-state index contributed by atoms with van der Waals surface area (Å²) in [7, 11) is 2.11. The predicted octanol–water partition coefficient (Wildman–Crippen LogP) is 1.07. The van der Waals surface area contributed by atoms with Gasteiger partial charge >= 0.3 is 0 Å². The van der Waals surface area contributed by atoms with Crippen LogP contribution in [0.25, 0.3) is 0 Å². The van der Waals surface area contributed by atoms with Crippen molar-refractivity contribution in [3.8, 4) is 0 Å². The van der Waals surface area contributed by atoms with E-state index in [-0.39, 0.29) is 5.54 Å². The Morgan fingerprint density at radius 1 is 1.40 bits per heavy atom. The van der Waals surface area contributed by atoms with Gasteiger partial charge in [-0.15, -0.1) is 0 Å². The second kappa shape index (κ2) is 3.94. The lowest BCUT2D eigenvalue weighted by Gasteiger charge is -2.15. The molecule has 2 heteroatoms. The van der Waals surface area contributed by atoms with Crippen molar-refractivity contribution in [3.63, 3.8) is 0 Å². The normalized spacial score (nSPS) is 33.3. The van der Waals surface area contributed by atoms with Crippen LogP contribution in [-0.4, -0.2) is 30.6 Å². The molecule has 0 amide bonds. The number of nitrogens with two attached hydrogens (primary N) is 1. The molecule has 0 aromatic heterocycles. The fourth-order valence-electron chi connectivity index (χ4n) is 1.22. The maximum atomic E-state index is 5.83. The molecule has 1 rings (SSSR count). The SMILES string of the molecule is CC.CN1CCC(C)(N)C1. The van der Waals surface area contributed by atoms with Gasteiger partial charge in [0.1, 0.15) is 0 Å². The molecule has 0 spiro atoms. The van der Waals surface area contributed by atoms with Crippen molar-refractivity contribution in [1.29, 1.82) is 0 Å². The van der Waals surface area contributed by atoms with Crippen molar-refractivity contribution >= 4 is 0 Å². The zero-order valence-electron chi connectivity index (χ0n) is 7.65. The maximum absolute atomic E-state index is 5.83. The summed E-state index contributed by atoms with van der Waals surface area (Å²) in [5.41, 5.74) is 5.92. The Morgan fingerprint density at radius 2 is 1.90 bits per heavy atom. The first-order valence-electron chi connectivity index (χ1n) is 4.08. The van der Waals surface area contributed by atoms with Gasteiger partial charge in [0.05, 0.1) is 0 Å². The highest BCUT2D eigenvalue weighted by atomic mass is 15.1. The van der Waals surface area contributed by atoms with Crippen molar-refractivity contribution in [3.05, 3.63) is 0 Å². The summed E-state index contributed by atoms with van der Waals surface area (Å²) in [6, 6.07) is 0. The highest BCUT2D eigenvalue weighted by Gasteiger charge is 2.26. The van der Waals surface area contributed by atoms with E-state index < -0.39 is 0 Å². The molecule has 62 valence electrons. The molecule has 1 fully saturated rings. The lowest BCUT2D eigenvalue weighted by atomic mass is 10.0. The summed E-state index contributed by atoms with van der Waals surface area (Å²) in [5, 5.41) is 0. The Bertz CT molecular complexity index is 89.3. The maximum Gasteiger partial charge on any atom is 0.0266 e. The van der Waals surface area contributed by atoms with Crippen LogP contribution in [0.2, 0.25) is 0 Å². The standard InChI is InChI=1S/C6H14N2.C2H6/c1-6(7)3-4-8(2)5-6;1-2/h3-5,7H2,1-2H3;1-2H3. The molecule has 1 aliphatic heterocycles. The van der Waals surface area contributed by atoms with Gasteiger partial charge < -0.3 is 10.6 Å². The summed E-state index contributed by atoms with van der Waals surface area (Å²) in [5.74, 6) is 0. The first kappa shape index (κ1) is 9.92. The third kappa shape index (κ3) is 3.18. The van der Waals surface area contributed by atoms with Crippen LogP contribution in [-0.2, 0) is 0 Å². The molecule has 0 aliphatic carbocycles. The van der Waals surface area contributed by atoms with Gasteiger partial charge in [-0.3, -0.25) is 0 Å². The number of hydrogen-bond donors (Lipinski definition) is 1. The topological polar surface area (TPSA) is 29.3 Å². The Hall–Kier alpha value is -0.0800. The van der Waals surface area contributed by atoms with Gasteiger partial charge in [-0.25, -0.2) is 0 Å². The lowest BCUT2D eigenvalue weighted by Crippen LogP contribution is -2.38. The number of hydrogen-bond acceptors (Lipinski definition) is 2. The van der Waals surface area contributed by atoms with Crippen molar-refractivity contribution in [2.24, 2.45) is 5.73 Å². The third-order valence-electron chi connectivity index (χ3n) is 1.70. The van der Waals surface area contributed by atoms with Crippen LogP contribution in [0, 0.1) is 0 Å². The van der Waals surface area contributed by atoms with Gasteiger partial charge in [-0.1, -0.05) is 13.8 Å². The fourth-order valence-corrected chi connectivity index (χ4v) is 1.22.